The van der Waals surface area contributed by atoms with Crippen molar-refractivity contribution in [1.29, 1.82) is 0 Å². The number of pyridine rings is 1. The number of rotatable bonds is 7. The van der Waals surface area contributed by atoms with Gasteiger partial charge < -0.3 is 15.4 Å². The second-order valence-corrected chi connectivity index (χ2v) is 6.52. The van der Waals surface area contributed by atoms with Crippen molar-refractivity contribution in [2.24, 2.45) is 12.0 Å². The van der Waals surface area contributed by atoms with E-state index in [1.165, 1.54) is 12.8 Å². The Morgan fingerprint density at radius 2 is 2.07 bits per heavy atom. The number of guanidine groups is 1. The first-order chi connectivity index (χ1) is 12.7. The third-order valence-corrected chi connectivity index (χ3v) is 4.51. The smallest absolute Gasteiger partial charge is 0.213 e. The van der Waals surface area contributed by atoms with Gasteiger partial charge in [0.15, 0.2) is 5.96 Å². The van der Waals surface area contributed by atoms with Gasteiger partial charge in [-0.3, -0.25) is 4.68 Å². The van der Waals surface area contributed by atoms with Crippen LogP contribution in [-0.2, 0) is 20.1 Å². The fraction of sp³-hybridized carbons (Fsp3) is 0.526. The molecule has 148 valence electrons. The maximum atomic E-state index is 5.98. The van der Waals surface area contributed by atoms with E-state index in [-0.39, 0.29) is 24.0 Å². The summed E-state index contributed by atoms with van der Waals surface area (Å²) in [6.45, 7) is 4.11. The van der Waals surface area contributed by atoms with Gasteiger partial charge in [-0.25, -0.2) is 9.98 Å². The standard InChI is InChI=1S/C19H28N6O.HI/c1-3-20-19(23-14-16-9-11-24-25(16)2)22-13-15-8-10-21-18(12-15)26-17-6-4-5-7-17;/h8-12,17H,3-7,13-14H2,1-2H3,(H2,20,22,23);1H. The number of aliphatic imine (C=N–C) groups is 1. The molecule has 2 aromatic rings. The molecule has 0 aliphatic heterocycles. The average molecular weight is 484 g/mol. The minimum absolute atomic E-state index is 0. The predicted octanol–water partition coefficient (Wildman–Crippen LogP) is 3.01. The summed E-state index contributed by atoms with van der Waals surface area (Å²) in [5, 5.41) is 10.8. The first-order valence-corrected chi connectivity index (χ1v) is 9.35. The highest BCUT2D eigenvalue weighted by Crippen LogP contribution is 2.23. The monoisotopic (exact) mass is 484 g/mol. The quantitative estimate of drug-likeness (QED) is 0.359. The summed E-state index contributed by atoms with van der Waals surface area (Å²) in [6, 6.07) is 5.97. The van der Waals surface area contributed by atoms with Gasteiger partial charge in [0.1, 0.15) is 6.10 Å². The minimum atomic E-state index is 0. The van der Waals surface area contributed by atoms with E-state index in [4.69, 9.17) is 4.74 Å². The van der Waals surface area contributed by atoms with Crippen molar-refractivity contribution in [3.05, 3.63) is 41.9 Å². The van der Waals surface area contributed by atoms with Crippen molar-refractivity contribution in [3.8, 4) is 5.88 Å². The van der Waals surface area contributed by atoms with Gasteiger partial charge in [-0.15, -0.1) is 24.0 Å². The Morgan fingerprint density at radius 3 is 2.78 bits per heavy atom. The first kappa shape index (κ1) is 21.5. The van der Waals surface area contributed by atoms with E-state index >= 15 is 0 Å². The number of aryl methyl sites for hydroxylation is 1. The molecule has 2 aromatic heterocycles. The Morgan fingerprint density at radius 1 is 1.26 bits per heavy atom. The number of hydrogen-bond acceptors (Lipinski definition) is 4. The molecule has 0 bridgehead atoms. The van der Waals surface area contributed by atoms with Gasteiger partial charge >= 0.3 is 0 Å². The lowest BCUT2D eigenvalue weighted by atomic mass is 10.2. The molecule has 0 amide bonds. The second-order valence-electron chi connectivity index (χ2n) is 6.52. The number of nitrogens with one attached hydrogen (secondary N) is 2. The van der Waals surface area contributed by atoms with E-state index in [0.29, 0.717) is 25.1 Å². The Balaban J connectivity index is 0.00000261. The van der Waals surface area contributed by atoms with Crippen molar-refractivity contribution >= 4 is 29.9 Å². The van der Waals surface area contributed by atoms with Crippen LogP contribution in [0.5, 0.6) is 5.88 Å². The van der Waals surface area contributed by atoms with Gasteiger partial charge in [-0.1, -0.05) is 0 Å². The van der Waals surface area contributed by atoms with Crippen LogP contribution < -0.4 is 15.4 Å². The van der Waals surface area contributed by atoms with Crippen LogP contribution in [0.15, 0.2) is 35.6 Å². The summed E-state index contributed by atoms with van der Waals surface area (Å²) in [5.41, 5.74) is 2.19. The Bertz CT molecular complexity index is 726. The van der Waals surface area contributed by atoms with Crippen LogP contribution >= 0.6 is 24.0 Å². The summed E-state index contributed by atoms with van der Waals surface area (Å²) in [6.07, 6.45) is 8.68. The molecule has 0 radical (unpaired) electrons. The zero-order valence-electron chi connectivity index (χ0n) is 16.0. The number of halogens is 1. The molecule has 2 heterocycles. The van der Waals surface area contributed by atoms with Crippen LogP contribution in [0.1, 0.15) is 43.9 Å². The van der Waals surface area contributed by atoms with E-state index in [1.54, 1.807) is 12.4 Å². The molecule has 0 saturated heterocycles. The molecule has 3 rings (SSSR count). The van der Waals surface area contributed by atoms with Crippen LogP contribution in [0.3, 0.4) is 0 Å². The molecule has 1 saturated carbocycles. The molecule has 7 nitrogen and oxygen atoms in total. The zero-order valence-corrected chi connectivity index (χ0v) is 18.3. The van der Waals surface area contributed by atoms with Crippen LogP contribution in [0, 0.1) is 0 Å². The Labute approximate surface area is 178 Å². The minimum Gasteiger partial charge on any atom is -0.474 e. The lowest BCUT2D eigenvalue weighted by Gasteiger charge is -2.13. The lowest BCUT2D eigenvalue weighted by Crippen LogP contribution is -2.37. The highest BCUT2D eigenvalue weighted by Gasteiger charge is 2.17. The summed E-state index contributed by atoms with van der Waals surface area (Å²) in [7, 11) is 1.93. The summed E-state index contributed by atoms with van der Waals surface area (Å²) < 4.78 is 7.83. The normalized spacial score (nSPS) is 14.7. The molecule has 0 unspecified atom stereocenters. The molecule has 2 N–H and O–H groups in total. The molecular weight excluding hydrogens is 455 g/mol. The molecule has 1 fully saturated rings. The van der Waals surface area contributed by atoms with Crippen molar-refractivity contribution in [1.82, 2.24) is 25.4 Å². The maximum absolute atomic E-state index is 5.98. The number of nitrogens with zero attached hydrogens (tertiary/aromatic N) is 4. The largest absolute Gasteiger partial charge is 0.474 e. The summed E-state index contributed by atoms with van der Waals surface area (Å²) >= 11 is 0. The van der Waals surface area contributed by atoms with Crippen molar-refractivity contribution < 1.29 is 4.74 Å². The molecule has 0 aromatic carbocycles. The molecule has 8 heteroatoms. The number of hydrogen-bond donors (Lipinski definition) is 2. The SMILES string of the molecule is CCNC(=NCc1ccnc(OC2CCCC2)c1)NCc1ccnn1C.I. The van der Waals surface area contributed by atoms with Crippen LogP contribution in [0.2, 0.25) is 0 Å². The third kappa shape index (κ3) is 6.67. The summed E-state index contributed by atoms with van der Waals surface area (Å²) in [4.78, 5) is 9.00. The number of ether oxygens (including phenoxy) is 1. The molecule has 0 atom stereocenters. The van der Waals surface area contributed by atoms with Crippen LogP contribution in [0.4, 0.5) is 0 Å². The Kier molecular flexibility index (Phi) is 8.83. The molecule has 0 spiro atoms. The Hall–Kier alpha value is -1.84. The highest BCUT2D eigenvalue weighted by atomic mass is 127. The van der Waals surface area contributed by atoms with E-state index in [0.717, 1.165) is 36.6 Å². The van der Waals surface area contributed by atoms with Gasteiger partial charge in [-0.2, -0.15) is 5.10 Å². The lowest BCUT2D eigenvalue weighted by molar-refractivity contribution is 0.201. The van der Waals surface area contributed by atoms with Gasteiger partial charge in [-0.05, 0) is 50.3 Å². The fourth-order valence-corrected chi connectivity index (χ4v) is 3.05. The van der Waals surface area contributed by atoms with Gasteiger partial charge in [0.25, 0.3) is 0 Å². The molecule has 27 heavy (non-hydrogen) atoms. The fourth-order valence-electron chi connectivity index (χ4n) is 3.05. The van der Waals surface area contributed by atoms with Gasteiger partial charge in [0, 0.05) is 32.1 Å². The third-order valence-electron chi connectivity index (χ3n) is 4.51. The van der Waals surface area contributed by atoms with E-state index in [2.05, 4.69) is 32.6 Å². The topological polar surface area (TPSA) is 76.4 Å². The van der Waals surface area contributed by atoms with E-state index in [1.807, 2.05) is 29.9 Å². The van der Waals surface area contributed by atoms with Gasteiger partial charge in [0.2, 0.25) is 5.88 Å². The second kappa shape index (κ2) is 11.1. The first-order valence-electron chi connectivity index (χ1n) is 9.35. The molecule has 1 aliphatic rings. The van der Waals surface area contributed by atoms with Crippen LogP contribution in [0.25, 0.3) is 0 Å². The number of aromatic nitrogens is 3. The van der Waals surface area contributed by atoms with Crippen molar-refractivity contribution in [3.63, 3.8) is 0 Å². The highest BCUT2D eigenvalue weighted by molar-refractivity contribution is 14.0. The van der Waals surface area contributed by atoms with E-state index in [9.17, 15) is 0 Å². The predicted molar refractivity (Wildman–Crippen MR) is 117 cm³/mol. The van der Waals surface area contributed by atoms with Crippen molar-refractivity contribution in [2.45, 2.75) is 51.8 Å². The maximum Gasteiger partial charge on any atom is 0.213 e. The van der Waals surface area contributed by atoms with Crippen LogP contribution in [-0.4, -0.2) is 33.4 Å². The molecule has 1 aliphatic carbocycles. The van der Waals surface area contributed by atoms with Gasteiger partial charge in [0.05, 0.1) is 18.8 Å². The summed E-state index contributed by atoms with van der Waals surface area (Å²) in [5.74, 6) is 1.49. The van der Waals surface area contributed by atoms with E-state index < -0.39 is 0 Å². The molecular formula is C19H29IN6O. The average Bonchev–Trinajstić information content (AvgIpc) is 3.29. The van der Waals surface area contributed by atoms with Crippen molar-refractivity contribution in [2.75, 3.05) is 6.54 Å². The zero-order chi connectivity index (χ0) is 18.2.